The van der Waals surface area contributed by atoms with E-state index in [9.17, 15) is 28.8 Å². The summed E-state index contributed by atoms with van der Waals surface area (Å²) in [7, 11) is 1.13. The summed E-state index contributed by atoms with van der Waals surface area (Å²) in [6.07, 6.45) is -0.299. The maximum absolute atomic E-state index is 12.7. The Morgan fingerprint density at radius 1 is 1.10 bits per heavy atom. The van der Waals surface area contributed by atoms with Gasteiger partial charge in [0.05, 0.1) is 7.11 Å². The van der Waals surface area contributed by atoms with E-state index in [0.29, 0.717) is 5.75 Å². The van der Waals surface area contributed by atoms with Crippen molar-refractivity contribution in [1.29, 1.82) is 0 Å². The van der Waals surface area contributed by atoms with E-state index < -0.39 is 46.9 Å². The second kappa shape index (κ2) is 12.7. The van der Waals surface area contributed by atoms with Crippen molar-refractivity contribution in [2.45, 2.75) is 32.8 Å². The first-order chi connectivity index (χ1) is 14.5. The van der Waals surface area contributed by atoms with Gasteiger partial charge in [0.15, 0.2) is 11.2 Å². The summed E-state index contributed by atoms with van der Waals surface area (Å²) in [5.41, 5.74) is -1.19. The molecular weight excluding hydrogens is 432 g/mol. The normalized spacial score (nSPS) is 21.6. The van der Waals surface area contributed by atoms with Crippen LogP contribution in [0.15, 0.2) is 12.2 Å². The standard InChI is InChI=1S/C19H26N2O9S/c1-19(2)11-29-15(25)10-16(26)31-9-8-20-12(22)6-7-21-18(27)17(19)30-14(24)5-4-13(23)28-3/h4-5,17H,6-11H2,1-3H3,(H,20,22)(H,21,27)/b5-4+/t17-/m0/s1. The van der Waals surface area contributed by atoms with E-state index in [1.165, 1.54) is 13.8 Å². The summed E-state index contributed by atoms with van der Waals surface area (Å²) in [6, 6.07) is 0. The smallest absolute Gasteiger partial charge is 0.331 e. The highest BCUT2D eigenvalue weighted by atomic mass is 32.2. The third-order valence-electron chi connectivity index (χ3n) is 3.97. The number of ether oxygens (including phenoxy) is 3. The fourth-order valence-electron chi connectivity index (χ4n) is 2.33. The lowest BCUT2D eigenvalue weighted by Gasteiger charge is -2.32. The third-order valence-corrected chi connectivity index (χ3v) is 4.85. The van der Waals surface area contributed by atoms with Crippen LogP contribution < -0.4 is 10.6 Å². The Morgan fingerprint density at radius 2 is 1.77 bits per heavy atom. The molecule has 1 saturated heterocycles. The van der Waals surface area contributed by atoms with Crippen LogP contribution in [0.3, 0.4) is 0 Å². The van der Waals surface area contributed by atoms with Gasteiger partial charge in [-0.05, 0) is 0 Å². The largest absolute Gasteiger partial charge is 0.466 e. The van der Waals surface area contributed by atoms with E-state index in [4.69, 9.17) is 9.47 Å². The molecule has 1 fully saturated rings. The zero-order valence-corrected chi connectivity index (χ0v) is 18.4. The Kier molecular flexibility index (Phi) is 10.7. The Labute approximate surface area is 183 Å². The minimum absolute atomic E-state index is 0.0251. The highest BCUT2D eigenvalue weighted by Crippen LogP contribution is 2.25. The molecule has 0 radical (unpaired) electrons. The number of amides is 2. The molecule has 2 amide bonds. The van der Waals surface area contributed by atoms with Gasteiger partial charge in [-0.3, -0.25) is 19.2 Å². The van der Waals surface area contributed by atoms with Crippen molar-refractivity contribution in [2.75, 3.05) is 32.6 Å². The number of cyclic esters (lactones) is 1. The molecule has 0 aromatic heterocycles. The second-order valence-corrected chi connectivity index (χ2v) is 8.26. The van der Waals surface area contributed by atoms with Gasteiger partial charge < -0.3 is 24.8 Å². The van der Waals surface area contributed by atoms with Crippen LogP contribution in [0.25, 0.3) is 0 Å². The van der Waals surface area contributed by atoms with Gasteiger partial charge in [-0.1, -0.05) is 25.6 Å². The maximum atomic E-state index is 12.7. The van der Waals surface area contributed by atoms with Crippen LogP contribution in [0, 0.1) is 5.41 Å². The predicted molar refractivity (Wildman–Crippen MR) is 108 cm³/mol. The maximum Gasteiger partial charge on any atom is 0.331 e. The van der Waals surface area contributed by atoms with E-state index in [2.05, 4.69) is 15.4 Å². The van der Waals surface area contributed by atoms with Crippen LogP contribution in [-0.2, 0) is 43.0 Å². The number of hydrogen-bond donors (Lipinski definition) is 2. The van der Waals surface area contributed by atoms with E-state index in [1.54, 1.807) is 0 Å². The van der Waals surface area contributed by atoms with Gasteiger partial charge in [-0.25, -0.2) is 9.59 Å². The molecule has 0 aliphatic carbocycles. The van der Waals surface area contributed by atoms with E-state index in [1.807, 2.05) is 0 Å². The summed E-state index contributed by atoms with van der Waals surface area (Å²) in [4.78, 5) is 71.4. The molecule has 31 heavy (non-hydrogen) atoms. The van der Waals surface area contributed by atoms with Crippen LogP contribution in [0.1, 0.15) is 26.7 Å². The van der Waals surface area contributed by atoms with Gasteiger partial charge in [-0.2, -0.15) is 0 Å². The first-order valence-electron chi connectivity index (χ1n) is 9.37. The molecule has 1 atom stereocenters. The zero-order valence-electron chi connectivity index (χ0n) is 17.6. The molecule has 0 unspecified atom stereocenters. The summed E-state index contributed by atoms with van der Waals surface area (Å²) in [6.45, 7) is 2.91. The first-order valence-corrected chi connectivity index (χ1v) is 10.4. The number of nitrogens with one attached hydrogen (secondary N) is 2. The van der Waals surface area contributed by atoms with Gasteiger partial charge >= 0.3 is 17.9 Å². The van der Waals surface area contributed by atoms with Crippen molar-refractivity contribution < 1.29 is 43.0 Å². The fraction of sp³-hybridized carbons (Fsp3) is 0.579. The number of esters is 3. The molecule has 1 heterocycles. The molecular formula is C19H26N2O9S. The van der Waals surface area contributed by atoms with Crippen LogP contribution in [0.2, 0.25) is 0 Å². The molecule has 0 aromatic rings. The Hall–Kier alpha value is -2.89. The monoisotopic (exact) mass is 458 g/mol. The van der Waals surface area contributed by atoms with Crippen LogP contribution >= 0.6 is 11.8 Å². The summed E-state index contributed by atoms with van der Waals surface area (Å²) < 4.78 is 14.7. The number of thioether (sulfide) groups is 1. The van der Waals surface area contributed by atoms with Gasteiger partial charge in [0.2, 0.25) is 5.91 Å². The highest BCUT2D eigenvalue weighted by Gasteiger charge is 2.39. The SMILES string of the molecule is COC(=O)/C=C/C(=O)O[C@H]1C(=O)NCCC(=O)NCCSC(=O)CC(=O)OCC1(C)C. The van der Waals surface area contributed by atoms with E-state index in [0.717, 1.165) is 31.0 Å². The number of rotatable bonds is 3. The molecule has 0 saturated carbocycles. The molecule has 0 bridgehead atoms. The Morgan fingerprint density at radius 3 is 2.45 bits per heavy atom. The molecule has 1 aliphatic rings. The van der Waals surface area contributed by atoms with Crippen molar-refractivity contribution in [2.24, 2.45) is 5.41 Å². The average molecular weight is 458 g/mol. The lowest BCUT2D eigenvalue weighted by Crippen LogP contribution is -2.49. The number of methoxy groups -OCH3 is 1. The minimum atomic E-state index is -1.42. The summed E-state index contributed by atoms with van der Waals surface area (Å²) >= 11 is 0.898. The van der Waals surface area contributed by atoms with Crippen LogP contribution in [-0.4, -0.2) is 73.5 Å². The number of hydrogen-bond acceptors (Lipinski definition) is 10. The topological polar surface area (TPSA) is 154 Å². The van der Waals surface area contributed by atoms with Crippen molar-refractivity contribution in [3.05, 3.63) is 12.2 Å². The van der Waals surface area contributed by atoms with Gasteiger partial charge in [-0.15, -0.1) is 0 Å². The lowest BCUT2D eigenvalue weighted by molar-refractivity contribution is -0.165. The molecule has 1 rings (SSSR count). The lowest BCUT2D eigenvalue weighted by atomic mass is 9.86. The second-order valence-electron chi connectivity index (χ2n) is 7.11. The molecule has 172 valence electrons. The molecule has 0 spiro atoms. The quantitative estimate of drug-likeness (QED) is 0.244. The highest BCUT2D eigenvalue weighted by molar-refractivity contribution is 8.13. The predicted octanol–water partition coefficient (Wildman–Crippen LogP) is -0.517. The van der Waals surface area contributed by atoms with Crippen molar-refractivity contribution >= 4 is 46.6 Å². The summed E-state index contributed by atoms with van der Waals surface area (Å²) in [5, 5.41) is 4.67. The van der Waals surface area contributed by atoms with E-state index >= 15 is 0 Å². The molecule has 2 N–H and O–H groups in total. The van der Waals surface area contributed by atoms with Gasteiger partial charge in [0.1, 0.15) is 13.0 Å². The molecule has 12 heteroatoms. The summed E-state index contributed by atoms with van der Waals surface area (Å²) in [5.74, 6) is -3.34. The third kappa shape index (κ3) is 10.1. The van der Waals surface area contributed by atoms with Crippen molar-refractivity contribution in [1.82, 2.24) is 10.6 Å². The van der Waals surface area contributed by atoms with Crippen molar-refractivity contribution in [3.63, 3.8) is 0 Å². The molecule has 1 aliphatic heterocycles. The van der Waals surface area contributed by atoms with Crippen molar-refractivity contribution in [3.8, 4) is 0 Å². The number of carbonyl (C=O) groups excluding carboxylic acids is 6. The molecule has 11 nitrogen and oxygen atoms in total. The molecule has 0 aromatic carbocycles. The first kappa shape index (κ1) is 26.1. The minimum Gasteiger partial charge on any atom is -0.466 e. The van der Waals surface area contributed by atoms with Gasteiger partial charge in [0, 0.05) is 42.8 Å². The van der Waals surface area contributed by atoms with Gasteiger partial charge in [0.25, 0.3) is 5.91 Å². The van der Waals surface area contributed by atoms with Crippen LogP contribution in [0.4, 0.5) is 0 Å². The average Bonchev–Trinajstić information content (AvgIpc) is 2.71. The number of carbonyl (C=O) groups is 6. The Bertz CT molecular complexity index is 749. The van der Waals surface area contributed by atoms with Crippen LogP contribution in [0.5, 0.6) is 0 Å². The Balaban J connectivity index is 2.99. The van der Waals surface area contributed by atoms with E-state index in [-0.39, 0.29) is 32.0 Å². The fourth-order valence-corrected chi connectivity index (χ4v) is 2.98. The zero-order chi connectivity index (χ0) is 23.4.